The summed E-state index contributed by atoms with van der Waals surface area (Å²) in [7, 11) is -0.733. The third-order valence-electron chi connectivity index (χ3n) is 17.0. The van der Waals surface area contributed by atoms with Gasteiger partial charge in [0.2, 0.25) is 0 Å². The summed E-state index contributed by atoms with van der Waals surface area (Å²) >= 11 is 3.66. The van der Waals surface area contributed by atoms with E-state index in [1.54, 1.807) is 0 Å². The zero-order valence-corrected chi connectivity index (χ0v) is 51.4. The number of halogens is 1. The van der Waals surface area contributed by atoms with Crippen LogP contribution in [0.15, 0.2) is 290 Å². The first-order chi connectivity index (χ1) is 41.0. The highest BCUT2D eigenvalue weighted by Gasteiger charge is 2.53. The molecule has 0 atom stereocenters. The van der Waals surface area contributed by atoms with Crippen LogP contribution in [0.25, 0.3) is 89.0 Å². The number of hydrogen-bond acceptors (Lipinski definition) is 4. The molecular formula is C78H71B2BrO4. The van der Waals surface area contributed by atoms with Crippen molar-refractivity contribution in [1.29, 1.82) is 0 Å². The van der Waals surface area contributed by atoms with Crippen LogP contribution in [-0.4, -0.2) is 36.6 Å². The Kier molecular flexibility index (Phi) is 17.4. The van der Waals surface area contributed by atoms with E-state index in [9.17, 15) is 0 Å². The molecule has 0 radical (unpaired) electrons. The molecule has 0 N–H and O–H groups in total. The first kappa shape index (κ1) is 58.6. The number of hydrogen-bond donors (Lipinski definition) is 0. The van der Waals surface area contributed by atoms with Crippen LogP contribution in [0.4, 0.5) is 0 Å². The number of benzene rings is 11. The quantitative estimate of drug-likeness (QED) is 0.128. The predicted molar refractivity (Wildman–Crippen MR) is 362 cm³/mol. The molecule has 7 heteroatoms. The summed E-state index contributed by atoms with van der Waals surface area (Å²) < 4.78 is 26.3. The van der Waals surface area contributed by atoms with Gasteiger partial charge in [-0.3, -0.25) is 0 Å². The lowest BCUT2D eigenvalue weighted by Gasteiger charge is -2.32. The average molecular weight is 1170 g/mol. The molecule has 11 aromatic rings. The van der Waals surface area contributed by atoms with Gasteiger partial charge in [0.05, 0.1) is 22.4 Å². The van der Waals surface area contributed by atoms with Crippen molar-refractivity contribution in [3.05, 3.63) is 290 Å². The molecule has 2 aliphatic rings. The summed E-state index contributed by atoms with van der Waals surface area (Å²) in [5, 5.41) is 0. The van der Waals surface area contributed by atoms with Crippen molar-refractivity contribution in [3.8, 4) is 89.0 Å². The number of rotatable bonds is 10. The van der Waals surface area contributed by atoms with Gasteiger partial charge < -0.3 is 18.6 Å². The highest BCUT2D eigenvalue weighted by atomic mass is 79.9. The minimum Gasteiger partial charge on any atom is -0.399 e. The smallest absolute Gasteiger partial charge is 0.399 e. The normalized spacial score (nSPS) is 15.3. The van der Waals surface area contributed by atoms with E-state index >= 15 is 0 Å². The Balaban J connectivity index is 0.000000134. The van der Waals surface area contributed by atoms with Gasteiger partial charge in [0.1, 0.15) is 0 Å². The van der Waals surface area contributed by atoms with Crippen LogP contribution in [0.3, 0.4) is 0 Å². The second-order valence-corrected chi connectivity index (χ2v) is 24.7. The van der Waals surface area contributed by atoms with Crippen LogP contribution < -0.4 is 10.9 Å². The van der Waals surface area contributed by atoms with Crippen molar-refractivity contribution >= 4 is 41.1 Å². The average Bonchev–Trinajstić information content (AvgIpc) is 2.96. The molecule has 2 heterocycles. The first-order valence-electron chi connectivity index (χ1n) is 29.3. The molecule has 2 fully saturated rings. The van der Waals surface area contributed by atoms with Crippen molar-refractivity contribution in [3.63, 3.8) is 0 Å². The minimum absolute atomic E-state index is 0.332. The van der Waals surface area contributed by atoms with Crippen LogP contribution in [-0.2, 0) is 18.6 Å². The highest BCUT2D eigenvalue weighted by molar-refractivity contribution is 9.10. The molecule has 0 saturated carbocycles. The van der Waals surface area contributed by atoms with Gasteiger partial charge in [-0.05, 0) is 192 Å². The summed E-state index contributed by atoms with van der Waals surface area (Å²) in [5.41, 5.74) is 20.0. The SMILES string of the molecule is Brc1ccccc1-c1cccc(-c2cccc(-c3ccccc3)c2)c1.CC1(C)OB(c2cccc(-c3cccc(-c4ccccc4)c3)c2)OC1(C)C.CC1(C)OB(c2ccccc2-c2cccc(-c3cccc(-c4ccccc4)c3)c2)OC1(C)C. The summed E-state index contributed by atoms with van der Waals surface area (Å²) in [6, 6.07) is 100. The largest absolute Gasteiger partial charge is 0.495 e. The van der Waals surface area contributed by atoms with Crippen LogP contribution in [0, 0.1) is 0 Å². The van der Waals surface area contributed by atoms with Crippen molar-refractivity contribution in [2.75, 3.05) is 0 Å². The molecule has 2 saturated heterocycles. The van der Waals surface area contributed by atoms with Gasteiger partial charge in [0, 0.05) is 4.47 Å². The molecule has 13 rings (SSSR count). The molecular weight excluding hydrogens is 1100 g/mol. The van der Waals surface area contributed by atoms with E-state index in [-0.39, 0.29) is 29.5 Å². The fourth-order valence-electron chi connectivity index (χ4n) is 10.7. The molecule has 0 aliphatic carbocycles. The monoisotopic (exact) mass is 1170 g/mol. The fraction of sp³-hybridized carbons (Fsp3) is 0.154. The van der Waals surface area contributed by atoms with E-state index in [2.05, 4.69) is 338 Å². The Morgan fingerprint density at radius 2 is 0.494 bits per heavy atom. The summed E-state index contributed by atoms with van der Waals surface area (Å²) in [4.78, 5) is 0. The Bertz CT molecular complexity index is 4030. The van der Waals surface area contributed by atoms with Crippen LogP contribution in [0.1, 0.15) is 55.4 Å². The van der Waals surface area contributed by atoms with Crippen molar-refractivity contribution in [1.82, 2.24) is 0 Å². The maximum absolute atomic E-state index is 6.37. The van der Waals surface area contributed by atoms with Gasteiger partial charge in [-0.1, -0.05) is 265 Å². The Labute approximate surface area is 512 Å². The Hall–Kier alpha value is -8.13. The van der Waals surface area contributed by atoms with Crippen molar-refractivity contribution < 1.29 is 18.6 Å². The van der Waals surface area contributed by atoms with Gasteiger partial charge in [-0.25, -0.2) is 0 Å². The third-order valence-corrected chi connectivity index (χ3v) is 17.7. The van der Waals surface area contributed by atoms with Crippen molar-refractivity contribution in [2.24, 2.45) is 0 Å². The van der Waals surface area contributed by atoms with Gasteiger partial charge in [0.15, 0.2) is 0 Å². The van der Waals surface area contributed by atoms with E-state index in [1.807, 2.05) is 18.2 Å². The maximum Gasteiger partial charge on any atom is 0.495 e. The second kappa shape index (κ2) is 25.2. The lowest BCUT2D eigenvalue weighted by atomic mass is 9.74. The molecule has 4 nitrogen and oxygen atoms in total. The minimum atomic E-state index is -0.392. The summed E-state index contributed by atoms with van der Waals surface area (Å²) in [6.07, 6.45) is 0. The van der Waals surface area contributed by atoms with Crippen LogP contribution in [0.2, 0.25) is 0 Å². The Morgan fingerprint density at radius 1 is 0.235 bits per heavy atom. The molecule has 2 aliphatic heterocycles. The van der Waals surface area contributed by atoms with Crippen LogP contribution >= 0.6 is 15.9 Å². The predicted octanol–water partition coefficient (Wildman–Crippen LogP) is 19.8. The van der Waals surface area contributed by atoms with E-state index in [0.29, 0.717) is 0 Å². The second-order valence-electron chi connectivity index (χ2n) is 23.9. The van der Waals surface area contributed by atoms with Gasteiger partial charge in [-0.2, -0.15) is 0 Å². The maximum atomic E-state index is 6.37. The first-order valence-corrected chi connectivity index (χ1v) is 30.1. The zero-order valence-electron chi connectivity index (χ0n) is 49.8. The van der Waals surface area contributed by atoms with E-state index < -0.39 is 7.12 Å². The Morgan fingerprint density at radius 3 is 0.882 bits per heavy atom. The molecule has 420 valence electrons. The lowest BCUT2D eigenvalue weighted by molar-refractivity contribution is 0.00578. The van der Waals surface area contributed by atoms with Crippen molar-refractivity contribution in [2.45, 2.75) is 77.8 Å². The van der Waals surface area contributed by atoms with E-state index in [1.165, 1.54) is 77.9 Å². The summed E-state index contributed by atoms with van der Waals surface area (Å²) in [6.45, 7) is 16.7. The summed E-state index contributed by atoms with van der Waals surface area (Å²) in [5.74, 6) is 0. The topological polar surface area (TPSA) is 36.9 Å². The fourth-order valence-corrected chi connectivity index (χ4v) is 11.2. The molecule has 0 bridgehead atoms. The molecule has 0 aromatic heterocycles. The van der Waals surface area contributed by atoms with E-state index in [0.717, 1.165) is 26.5 Å². The molecule has 0 amide bonds. The molecule has 0 spiro atoms. The molecule has 11 aromatic carbocycles. The van der Waals surface area contributed by atoms with E-state index in [4.69, 9.17) is 18.6 Å². The molecule has 0 unspecified atom stereocenters. The lowest BCUT2D eigenvalue weighted by Crippen LogP contribution is -2.41. The van der Waals surface area contributed by atoms with Gasteiger partial charge in [0.25, 0.3) is 0 Å². The standard InChI is InChI=1S/C30H29BO2.C24H25BO2.C24H17Br/c1-29(2)30(3,4)33-31(32-29)28-19-9-8-18-27(28)26-17-11-16-25(21-26)24-15-10-14-23(20-24)22-12-6-5-7-13-22;1-23(2)24(3,4)27-25(26-23)22-15-9-14-21(17-22)20-13-8-12-19(16-20)18-10-6-5-7-11-18;25-24-15-5-4-14-23(24)22-13-7-12-21(17-22)20-11-6-10-19(16-20)18-8-2-1-3-9-18/h5-21H,1-4H3;5-17H,1-4H3;1-17H. The van der Waals surface area contributed by atoms with Gasteiger partial charge in [-0.15, -0.1) is 0 Å². The zero-order chi connectivity index (χ0) is 59.2. The van der Waals surface area contributed by atoms with Crippen LogP contribution in [0.5, 0.6) is 0 Å². The third kappa shape index (κ3) is 13.4. The molecule has 85 heavy (non-hydrogen) atoms. The highest BCUT2D eigenvalue weighted by Crippen LogP contribution is 2.40. The van der Waals surface area contributed by atoms with Gasteiger partial charge >= 0.3 is 14.2 Å².